The fourth-order valence-electron chi connectivity index (χ4n) is 3.66. The maximum absolute atomic E-state index is 14.2. The van der Waals surface area contributed by atoms with Crippen molar-refractivity contribution < 1.29 is 23.8 Å². The van der Waals surface area contributed by atoms with Gasteiger partial charge in [0.2, 0.25) is 5.88 Å². The number of nitrogens with one attached hydrogen (secondary N) is 1. The van der Waals surface area contributed by atoms with Crippen molar-refractivity contribution >= 4 is 11.6 Å². The number of aliphatic hydroxyl groups is 1. The van der Waals surface area contributed by atoms with E-state index in [4.69, 9.17) is 9.47 Å². The van der Waals surface area contributed by atoms with Crippen LogP contribution in [0.2, 0.25) is 0 Å². The van der Waals surface area contributed by atoms with Crippen molar-refractivity contribution in [3.05, 3.63) is 71.2 Å². The van der Waals surface area contributed by atoms with E-state index in [1.165, 1.54) is 33.2 Å². The van der Waals surface area contributed by atoms with Crippen molar-refractivity contribution in [3.8, 4) is 17.0 Å². The van der Waals surface area contributed by atoms with E-state index >= 15 is 0 Å². The van der Waals surface area contributed by atoms with Crippen LogP contribution in [0.1, 0.15) is 41.0 Å². The van der Waals surface area contributed by atoms with E-state index in [-0.39, 0.29) is 24.8 Å². The Morgan fingerprint density at radius 2 is 1.97 bits per heavy atom. The van der Waals surface area contributed by atoms with Gasteiger partial charge in [0, 0.05) is 29.2 Å². The third-order valence-electron chi connectivity index (χ3n) is 5.67. The van der Waals surface area contributed by atoms with Gasteiger partial charge in [-0.15, -0.1) is 0 Å². The van der Waals surface area contributed by atoms with Crippen LogP contribution in [0.3, 0.4) is 0 Å². The Bertz CT molecular complexity index is 1200. The van der Waals surface area contributed by atoms with Crippen LogP contribution in [-0.2, 0) is 16.0 Å². The van der Waals surface area contributed by atoms with Crippen LogP contribution in [0.5, 0.6) is 5.88 Å². The van der Waals surface area contributed by atoms with Gasteiger partial charge in [0.1, 0.15) is 11.3 Å². The highest BCUT2D eigenvalue weighted by molar-refractivity contribution is 6.04. The Morgan fingerprint density at radius 3 is 2.61 bits per heavy atom. The first-order valence-corrected chi connectivity index (χ1v) is 10.5. The summed E-state index contributed by atoms with van der Waals surface area (Å²) in [6, 6.07) is 10.3. The zero-order valence-corrected chi connectivity index (χ0v) is 19.0. The van der Waals surface area contributed by atoms with E-state index in [1.54, 1.807) is 18.3 Å². The van der Waals surface area contributed by atoms with Crippen LogP contribution in [0, 0.1) is 6.92 Å². The van der Waals surface area contributed by atoms with Gasteiger partial charge in [-0.05, 0) is 62.2 Å². The van der Waals surface area contributed by atoms with E-state index in [0.717, 1.165) is 16.7 Å². The number of carbonyl (C=O) groups excluding carboxylic acids is 1. The summed E-state index contributed by atoms with van der Waals surface area (Å²) in [7, 11) is 1.50. The van der Waals surface area contributed by atoms with Gasteiger partial charge in [-0.2, -0.15) is 0 Å². The Balaban J connectivity index is 1.64. The molecular weight excluding hydrogens is 425 g/mol. The number of anilines is 1. The molecule has 3 heterocycles. The van der Waals surface area contributed by atoms with Gasteiger partial charge in [0.05, 0.1) is 31.6 Å². The molecule has 33 heavy (non-hydrogen) atoms. The van der Waals surface area contributed by atoms with Gasteiger partial charge in [-0.3, -0.25) is 9.78 Å². The van der Waals surface area contributed by atoms with Crippen molar-refractivity contribution in [3.63, 3.8) is 0 Å². The van der Waals surface area contributed by atoms with Gasteiger partial charge in [0.15, 0.2) is 0 Å². The zero-order chi connectivity index (χ0) is 23.8. The molecule has 8 heteroatoms. The van der Waals surface area contributed by atoms with Crippen molar-refractivity contribution in [2.24, 2.45) is 0 Å². The molecule has 0 saturated carbocycles. The number of hydrogen-bond acceptors (Lipinski definition) is 6. The molecule has 7 nitrogen and oxygen atoms in total. The number of aryl methyl sites for hydroxylation is 1. The van der Waals surface area contributed by atoms with Gasteiger partial charge in [-0.1, -0.05) is 6.07 Å². The summed E-state index contributed by atoms with van der Waals surface area (Å²) in [6.45, 7) is 5.09. The normalized spacial score (nSPS) is 15.0. The fraction of sp³-hybridized carbons (Fsp3) is 0.320. The second kappa shape index (κ2) is 8.53. The first-order chi connectivity index (χ1) is 15.6. The molecule has 1 fully saturated rings. The summed E-state index contributed by atoms with van der Waals surface area (Å²) in [5, 5.41) is 13.6. The second-order valence-electron chi connectivity index (χ2n) is 8.69. The number of halogens is 1. The number of alkyl halides is 1. The van der Waals surface area contributed by atoms with Crippen LogP contribution < -0.4 is 10.1 Å². The van der Waals surface area contributed by atoms with Crippen molar-refractivity contribution in [1.29, 1.82) is 0 Å². The maximum atomic E-state index is 14.2. The highest BCUT2D eigenvalue weighted by Gasteiger charge is 2.41. The molecule has 1 aromatic carbocycles. The molecule has 1 saturated heterocycles. The average molecular weight is 451 g/mol. The summed E-state index contributed by atoms with van der Waals surface area (Å²) < 4.78 is 24.8. The lowest BCUT2D eigenvalue weighted by Crippen LogP contribution is -2.46. The largest absolute Gasteiger partial charge is 0.481 e. The van der Waals surface area contributed by atoms with Crippen molar-refractivity contribution in [2.45, 2.75) is 32.0 Å². The van der Waals surface area contributed by atoms with E-state index in [1.807, 2.05) is 25.1 Å². The summed E-state index contributed by atoms with van der Waals surface area (Å²) in [4.78, 5) is 21.2. The van der Waals surface area contributed by atoms with Crippen LogP contribution in [0.4, 0.5) is 10.1 Å². The molecule has 1 aliphatic rings. The van der Waals surface area contributed by atoms with Crippen molar-refractivity contribution in [2.75, 3.05) is 25.6 Å². The van der Waals surface area contributed by atoms with E-state index < -0.39 is 11.3 Å². The highest BCUT2D eigenvalue weighted by atomic mass is 19.1. The molecule has 172 valence electrons. The van der Waals surface area contributed by atoms with E-state index in [2.05, 4.69) is 15.3 Å². The van der Waals surface area contributed by atoms with E-state index in [0.29, 0.717) is 22.7 Å². The lowest BCUT2D eigenvalue weighted by molar-refractivity contribution is -0.185. The van der Waals surface area contributed by atoms with Gasteiger partial charge < -0.3 is 19.9 Å². The molecule has 0 unspecified atom stereocenters. The standard InChI is InChI=1S/C25H26FN3O4/c1-15-5-6-18(29-22(30)16-7-8-27-21(10-16)24(2,3)26)11-19(15)17-9-20(23(32-4)28-12-17)25(31)13-33-14-25/h5-12,31H,13-14H2,1-4H3,(H,29,30). The summed E-state index contributed by atoms with van der Waals surface area (Å²) in [5.41, 5.74) is 1.41. The lowest BCUT2D eigenvalue weighted by atomic mass is 9.90. The second-order valence-corrected chi connectivity index (χ2v) is 8.69. The third-order valence-corrected chi connectivity index (χ3v) is 5.67. The molecule has 1 aliphatic heterocycles. The Hall–Kier alpha value is -3.36. The number of methoxy groups -OCH3 is 1. The molecular formula is C25H26FN3O4. The quantitative estimate of drug-likeness (QED) is 0.585. The minimum atomic E-state index is -1.65. The molecule has 3 aromatic rings. The fourth-order valence-corrected chi connectivity index (χ4v) is 3.66. The minimum absolute atomic E-state index is 0.174. The lowest BCUT2D eigenvalue weighted by Gasteiger charge is -2.37. The molecule has 2 N–H and O–H groups in total. The first kappa shape index (κ1) is 22.8. The zero-order valence-electron chi connectivity index (χ0n) is 19.0. The number of rotatable bonds is 6. The van der Waals surface area contributed by atoms with Crippen LogP contribution in [0.25, 0.3) is 11.1 Å². The molecule has 2 aromatic heterocycles. The predicted molar refractivity (Wildman–Crippen MR) is 122 cm³/mol. The number of ether oxygens (including phenoxy) is 2. The molecule has 0 radical (unpaired) electrons. The van der Waals surface area contributed by atoms with Crippen LogP contribution in [0.15, 0.2) is 48.8 Å². The Kier molecular flexibility index (Phi) is 5.90. The number of benzene rings is 1. The molecule has 0 aliphatic carbocycles. The molecule has 4 rings (SSSR count). The summed E-state index contributed by atoms with van der Waals surface area (Å²) in [6.07, 6.45) is 3.09. The van der Waals surface area contributed by atoms with Gasteiger partial charge in [0.25, 0.3) is 5.91 Å². The SMILES string of the molecule is COc1ncc(-c2cc(NC(=O)c3ccnc(C(C)(C)F)c3)ccc2C)cc1C1(O)COC1. The number of carbonyl (C=O) groups is 1. The van der Waals surface area contributed by atoms with Gasteiger partial charge >= 0.3 is 0 Å². The number of nitrogens with zero attached hydrogens (tertiary/aromatic N) is 2. The maximum Gasteiger partial charge on any atom is 0.255 e. The monoisotopic (exact) mass is 451 g/mol. The van der Waals surface area contributed by atoms with Crippen molar-refractivity contribution in [1.82, 2.24) is 9.97 Å². The van der Waals surface area contributed by atoms with E-state index in [9.17, 15) is 14.3 Å². The Morgan fingerprint density at radius 1 is 1.21 bits per heavy atom. The highest BCUT2D eigenvalue weighted by Crippen LogP contribution is 2.38. The summed E-state index contributed by atoms with van der Waals surface area (Å²) in [5.74, 6) is -0.0249. The average Bonchev–Trinajstić information content (AvgIpc) is 2.78. The Labute approximate surface area is 191 Å². The number of hydrogen-bond donors (Lipinski definition) is 2. The van der Waals surface area contributed by atoms with Gasteiger partial charge in [-0.25, -0.2) is 9.37 Å². The minimum Gasteiger partial charge on any atom is -0.481 e. The summed E-state index contributed by atoms with van der Waals surface area (Å²) >= 11 is 0. The smallest absolute Gasteiger partial charge is 0.255 e. The number of amides is 1. The number of aromatic nitrogens is 2. The molecule has 0 bridgehead atoms. The molecule has 0 spiro atoms. The molecule has 1 amide bonds. The number of pyridine rings is 2. The third kappa shape index (κ3) is 4.58. The predicted octanol–water partition coefficient (Wildman–Crippen LogP) is 4.14. The van der Waals surface area contributed by atoms with Crippen LogP contribution in [-0.4, -0.2) is 41.3 Å². The molecule has 0 atom stereocenters. The van der Waals surface area contributed by atoms with Crippen LogP contribution >= 0.6 is 0 Å². The first-order valence-electron chi connectivity index (χ1n) is 10.5. The topological polar surface area (TPSA) is 93.6 Å².